The number of amides is 1. The van der Waals surface area contributed by atoms with E-state index in [0.717, 1.165) is 12.2 Å². The predicted octanol–water partition coefficient (Wildman–Crippen LogP) is 1.14. The molecule has 1 aliphatic rings. The van der Waals surface area contributed by atoms with E-state index in [4.69, 9.17) is 4.74 Å². The summed E-state index contributed by atoms with van der Waals surface area (Å²) in [6.45, 7) is 2.30. The minimum atomic E-state index is 0.0134. The first-order valence-electron chi connectivity index (χ1n) is 7.48. The van der Waals surface area contributed by atoms with Crippen molar-refractivity contribution in [3.05, 3.63) is 29.8 Å². The van der Waals surface area contributed by atoms with Crippen LogP contribution in [0, 0.1) is 0 Å². The lowest BCUT2D eigenvalue weighted by molar-refractivity contribution is -0.119. The molecule has 0 aromatic heterocycles. The molecule has 0 heterocycles. The largest absolute Gasteiger partial charge is 0.383 e. The van der Waals surface area contributed by atoms with Crippen molar-refractivity contribution in [2.45, 2.75) is 25.4 Å². The number of ether oxygens (including phenoxy) is 1. The Hall–Kier alpha value is -1.59. The summed E-state index contributed by atoms with van der Waals surface area (Å²) in [6, 6.07) is 8.91. The smallest absolute Gasteiger partial charge is 0.239 e. The van der Waals surface area contributed by atoms with Crippen molar-refractivity contribution in [2.24, 2.45) is 0 Å². The predicted molar refractivity (Wildman–Crippen MR) is 84.5 cm³/mol. The van der Waals surface area contributed by atoms with Crippen LogP contribution in [0.2, 0.25) is 0 Å². The number of para-hydroxylation sites is 1. The molecular weight excluding hydrogens is 266 g/mol. The molecule has 1 aromatic rings. The standard InChI is InChI=1S/C16H25N3O2/c1-19(12-16(20)17-9-10-21-2)15-6-4-3-5-13(15)11-18-14-7-8-14/h3-6,14,18H,7-12H2,1-2H3,(H,17,20). The number of nitrogens with zero attached hydrogens (tertiary/aromatic N) is 1. The monoisotopic (exact) mass is 291 g/mol. The lowest BCUT2D eigenvalue weighted by Gasteiger charge is -2.22. The maximum absolute atomic E-state index is 11.9. The molecule has 0 unspecified atom stereocenters. The third kappa shape index (κ3) is 5.36. The Balaban J connectivity index is 1.87. The summed E-state index contributed by atoms with van der Waals surface area (Å²) in [7, 11) is 3.58. The van der Waals surface area contributed by atoms with Gasteiger partial charge in [-0.2, -0.15) is 0 Å². The van der Waals surface area contributed by atoms with Crippen molar-refractivity contribution in [1.29, 1.82) is 0 Å². The number of nitrogens with one attached hydrogen (secondary N) is 2. The van der Waals surface area contributed by atoms with Crippen LogP contribution in [-0.2, 0) is 16.1 Å². The summed E-state index contributed by atoms with van der Waals surface area (Å²) in [4.78, 5) is 13.9. The second-order valence-corrected chi connectivity index (χ2v) is 5.48. The number of likely N-dealkylation sites (N-methyl/N-ethyl adjacent to an activating group) is 1. The highest BCUT2D eigenvalue weighted by atomic mass is 16.5. The first-order valence-corrected chi connectivity index (χ1v) is 7.48. The molecule has 1 saturated carbocycles. The fourth-order valence-electron chi connectivity index (χ4n) is 2.22. The van der Waals surface area contributed by atoms with Gasteiger partial charge < -0.3 is 20.3 Å². The van der Waals surface area contributed by atoms with Crippen molar-refractivity contribution in [2.75, 3.05) is 38.8 Å². The molecular formula is C16H25N3O2. The molecule has 5 heteroatoms. The molecule has 1 amide bonds. The van der Waals surface area contributed by atoms with E-state index in [1.807, 2.05) is 24.1 Å². The van der Waals surface area contributed by atoms with E-state index in [0.29, 0.717) is 25.7 Å². The van der Waals surface area contributed by atoms with E-state index in [-0.39, 0.29) is 5.91 Å². The number of rotatable bonds is 9. The summed E-state index contributed by atoms with van der Waals surface area (Å²) in [6.07, 6.45) is 2.56. The Morgan fingerprint density at radius 3 is 2.86 bits per heavy atom. The van der Waals surface area contributed by atoms with Crippen molar-refractivity contribution in [1.82, 2.24) is 10.6 Å². The normalized spacial score (nSPS) is 14.0. The molecule has 5 nitrogen and oxygen atoms in total. The number of carbonyl (C=O) groups excluding carboxylic acids is 1. The summed E-state index contributed by atoms with van der Waals surface area (Å²) in [5.41, 5.74) is 2.34. The van der Waals surface area contributed by atoms with Gasteiger partial charge >= 0.3 is 0 Å². The average molecular weight is 291 g/mol. The second-order valence-electron chi connectivity index (χ2n) is 5.48. The van der Waals surface area contributed by atoms with E-state index >= 15 is 0 Å². The fourth-order valence-corrected chi connectivity index (χ4v) is 2.22. The highest BCUT2D eigenvalue weighted by molar-refractivity contribution is 5.81. The molecule has 21 heavy (non-hydrogen) atoms. The zero-order chi connectivity index (χ0) is 15.1. The molecule has 1 fully saturated rings. The van der Waals surface area contributed by atoms with Gasteiger partial charge in [0.15, 0.2) is 0 Å². The molecule has 2 rings (SSSR count). The molecule has 1 aliphatic carbocycles. The van der Waals surface area contributed by atoms with Crippen LogP contribution in [0.5, 0.6) is 0 Å². The summed E-state index contributed by atoms with van der Waals surface area (Å²) >= 11 is 0. The molecule has 0 radical (unpaired) electrons. The lowest BCUT2D eigenvalue weighted by Crippen LogP contribution is -2.37. The number of hydrogen-bond acceptors (Lipinski definition) is 4. The second kappa shape index (κ2) is 8.00. The quantitative estimate of drug-likeness (QED) is 0.670. The maximum atomic E-state index is 11.9. The van der Waals surface area contributed by atoms with Crippen LogP contribution in [0.1, 0.15) is 18.4 Å². The third-order valence-corrected chi connectivity index (χ3v) is 3.57. The van der Waals surface area contributed by atoms with Crippen LogP contribution in [0.15, 0.2) is 24.3 Å². The van der Waals surface area contributed by atoms with E-state index < -0.39 is 0 Å². The maximum Gasteiger partial charge on any atom is 0.239 e. The minimum Gasteiger partial charge on any atom is -0.383 e. The van der Waals surface area contributed by atoms with Crippen molar-refractivity contribution >= 4 is 11.6 Å². The van der Waals surface area contributed by atoms with Gasteiger partial charge in [-0.05, 0) is 24.5 Å². The van der Waals surface area contributed by atoms with Crippen LogP contribution in [0.25, 0.3) is 0 Å². The van der Waals surface area contributed by atoms with Crippen LogP contribution < -0.4 is 15.5 Å². The molecule has 0 spiro atoms. The topological polar surface area (TPSA) is 53.6 Å². The van der Waals surface area contributed by atoms with Crippen molar-refractivity contribution in [3.8, 4) is 0 Å². The van der Waals surface area contributed by atoms with Gasteiger partial charge in [-0.1, -0.05) is 18.2 Å². The highest BCUT2D eigenvalue weighted by Gasteiger charge is 2.20. The van der Waals surface area contributed by atoms with E-state index in [1.54, 1.807) is 7.11 Å². The van der Waals surface area contributed by atoms with E-state index in [1.165, 1.54) is 18.4 Å². The van der Waals surface area contributed by atoms with Gasteiger partial charge in [-0.3, -0.25) is 4.79 Å². The van der Waals surface area contributed by atoms with Gasteiger partial charge in [0.25, 0.3) is 0 Å². The van der Waals surface area contributed by atoms with Crippen LogP contribution in [-0.4, -0.2) is 45.8 Å². The van der Waals surface area contributed by atoms with Crippen LogP contribution >= 0.6 is 0 Å². The van der Waals surface area contributed by atoms with Gasteiger partial charge in [0.05, 0.1) is 13.2 Å². The molecule has 0 aliphatic heterocycles. The van der Waals surface area contributed by atoms with E-state index in [9.17, 15) is 4.79 Å². The minimum absolute atomic E-state index is 0.0134. The average Bonchev–Trinajstić information content (AvgIpc) is 3.30. The first-order chi connectivity index (χ1) is 10.2. The Morgan fingerprint density at radius 1 is 1.38 bits per heavy atom. The van der Waals surface area contributed by atoms with Gasteiger partial charge in [0.2, 0.25) is 5.91 Å². The van der Waals surface area contributed by atoms with Gasteiger partial charge in [-0.15, -0.1) is 0 Å². The summed E-state index contributed by atoms with van der Waals surface area (Å²) in [5.74, 6) is 0.0134. The number of carbonyl (C=O) groups is 1. The van der Waals surface area contributed by atoms with Gasteiger partial charge in [0, 0.05) is 39.0 Å². The number of hydrogen-bond donors (Lipinski definition) is 2. The van der Waals surface area contributed by atoms with Gasteiger partial charge in [0.1, 0.15) is 0 Å². The number of methoxy groups -OCH3 is 1. The number of anilines is 1. The SMILES string of the molecule is COCCNC(=O)CN(C)c1ccccc1CNC1CC1. The zero-order valence-corrected chi connectivity index (χ0v) is 12.9. The van der Waals surface area contributed by atoms with Crippen LogP contribution in [0.3, 0.4) is 0 Å². The third-order valence-electron chi connectivity index (χ3n) is 3.57. The molecule has 1 aromatic carbocycles. The van der Waals surface area contributed by atoms with Crippen molar-refractivity contribution in [3.63, 3.8) is 0 Å². The highest BCUT2D eigenvalue weighted by Crippen LogP contribution is 2.22. The van der Waals surface area contributed by atoms with Crippen molar-refractivity contribution < 1.29 is 9.53 Å². The Bertz CT molecular complexity index is 461. The summed E-state index contributed by atoms with van der Waals surface area (Å²) in [5, 5.41) is 6.36. The molecule has 0 atom stereocenters. The lowest BCUT2D eigenvalue weighted by atomic mass is 10.1. The first kappa shape index (κ1) is 15.8. The van der Waals surface area contributed by atoms with E-state index in [2.05, 4.69) is 22.8 Å². The Labute approximate surface area is 126 Å². The molecule has 116 valence electrons. The Kier molecular flexibility index (Phi) is 6.02. The van der Waals surface area contributed by atoms with Crippen LogP contribution in [0.4, 0.5) is 5.69 Å². The Morgan fingerprint density at radius 2 is 2.14 bits per heavy atom. The number of benzene rings is 1. The zero-order valence-electron chi connectivity index (χ0n) is 12.9. The molecule has 0 saturated heterocycles. The molecule has 0 bridgehead atoms. The van der Waals surface area contributed by atoms with Gasteiger partial charge in [-0.25, -0.2) is 0 Å². The molecule has 2 N–H and O–H groups in total. The fraction of sp³-hybridized carbons (Fsp3) is 0.562. The summed E-state index contributed by atoms with van der Waals surface area (Å²) < 4.78 is 4.92.